The van der Waals surface area contributed by atoms with Gasteiger partial charge in [-0.15, -0.1) is 0 Å². The van der Waals surface area contributed by atoms with Crippen LogP contribution in [0.1, 0.15) is 11.1 Å². The Kier molecular flexibility index (Phi) is 6.32. The Morgan fingerprint density at radius 2 is 1.85 bits per heavy atom. The van der Waals surface area contributed by atoms with Gasteiger partial charge < -0.3 is 21.1 Å². The summed E-state index contributed by atoms with van der Waals surface area (Å²) < 4.78 is 4.48. The third-order valence-corrected chi connectivity index (χ3v) is 3.89. The Hall–Kier alpha value is -3.35. The molecule has 0 fully saturated rings. The first kappa shape index (κ1) is 19.0. The summed E-state index contributed by atoms with van der Waals surface area (Å²) in [6, 6.07) is 13.1. The van der Waals surface area contributed by atoms with Crippen LogP contribution < -0.4 is 16.4 Å². The van der Waals surface area contributed by atoms with Crippen LogP contribution in [-0.2, 0) is 20.7 Å². The minimum Gasteiger partial charge on any atom is -0.468 e. The molecule has 5 N–H and O–H groups in total. The molecule has 0 aliphatic rings. The summed E-state index contributed by atoms with van der Waals surface area (Å²) in [4.78, 5) is 22.9. The molecule has 2 aromatic rings. The summed E-state index contributed by atoms with van der Waals surface area (Å²) in [6.07, 6.45) is 0.180. The van der Waals surface area contributed by atoms with Crippen molar-refractivity contribution in [2.75, 3.05) is 26.0 Å². The molecule has 7 heteroatoms. The average Bonchev–Trinajstić information content (AvgIpc) is 2.66. The number of carbonyl (C=O) groups is 2. The molecule has 0 bridgehead atoms. The van der Waals surface area contributed by atoms with Crippen molar-refractivity contribution < 1.29 is 14.3 Å². The smallest absolute Gasteiger partial charge is 0.325 e. The molecule has 136 valence electrons. The van der Waals surface area contributed by atoms with Gasteiger partial charge in [0, 0.05) is 23.9 Å². The molecule has 0 saturated heterocycles. The summed E-state index contributed by atoms with van der Waals surface area (Å²) in [5.41, 5.74) is 9.83. The van der Waals surface area contributed by atoms with Gasteiger partial charge in [-0.25, -0.2) is 0 Å². The molecule has 0 saturated carbocycles. The highest BCUT2D eigenvalue weighted by Gasteiger charge is 2.09. The van der Waals surface area contributed by atoms with Crippen molar-refractivity contribution in [3.8, 4) is 11.1 Å². The number of benzene rings is 2. The highest BCUT2D eigenvalue weighted by Crippen LogP contribution is 2.29. The molecule has 0 spiro atoms. The van der Waals surface area contributed by atoms with Crippen LogP contribution >= 0.6 is 0 Å². The summed E-state index contributed by atoms with van der Waals surface area (Å²) in [7, 11) is 3.08. The van der Waals surface area contributed by atoms with Crippen molar-refractivity contribution >= 4 is 23.4 Å². The number of carbonyl (C=O) groups excluding carboxylic acids is 2. The number of hydrogen-bond acceptors (Lipinski definition) is 5. The molecule has 0 aliphatic carbocycles. The maximum atomic E-state index is 11.8. The Balaban J connectivity index is 2.11. The molecule has 7 nitrogen and oxygen atoms in total. The maximum Gasteiger partial charge on any atom is 0.325 e. The van der Waals surface area contributed by atoms with Crippen molar-refractivity contribution in [2.24, 2.45) is 5.73 Å². The molecule has 0 aliphatic heterocycles. The number of anilines is 1. The zero-order valence-electron chi connectivity index (χ0n) is 14.8. The van der Waals surface area contributed by atoms with Crippen molar-refractivity contribution in [1.29, 1.82) is 5.41 Å². The third kappa shape index (κ3) is 4.83. The van der Waals surface area contributed by atoms with Crippen molar-refractivity contribution in [2.45, 2.75) is 6.42 Å². The van der Waals surface area contributed by atoms with Gasteiger partial charge in [-0.3, -0.25) is 15.0 Å². The van der Waals surface area contributed by atoms with Gasteiger partial charge in [-0.2, -0.15) is 0 Å². The number of amidine groups is 1. The minimum atomic E-state index is -0.484. The van der Waals surface area contributed by atoms with Gasteiger partial charge in [-0.05, 0) is 17.2 Å². The second kappa shape index (κ2) is 8.66. The van der Waals surface area contributed by atoms with Crippen molar-refractivity contribution in [1.82, 2.24) is 5.32 Å². The maximum absolute atomic E-state index is 11.8. The fourth-order valence-corrected chi connectivity index (χ4v) is 2.46. The van der Waals surface area contributed by atoms with E-state index in [2.05, 4.69) is 15.4 Å². The van der Waals surface area contributed by atoms with Crippen LogP contribution in [-0.4, -0.2) is 38.4 Å². The normalized spacial score (nSPS) is 10.1. The first-order valence-electron chi connectivity index (χ1n) is 8.03. The van der Waals surface area contributed by atoms with Crippen molar-refractivity contribution in [3.05, 3.63) is 53.6 Å². The lowest BCUT2D eigenvalue weighted by Gasteiger charge is -2.12. The van der Waals surface area contributed by atoms with E-state index >= 15 is 0 Å². The largest absolute Gasteiger partial charge is 0.468 e. The van der Waals surface area contributed by atoms with Gasteiger partial charge in [0.05, 0.1) is 13.5 Å². The highest BCUT2D eigenvalue weighted by atomic mass is 16.5. The van der Waals surface area contributed by atoms with E-state index in [1.165, 1.54) is 7.11 Å². The zero-order chi connectivity index (χ0) is 19.1. The van der Waals surface area contributed by atoms with Gasteiger partial charge in [-0.1, -0.05) is 36.4 Å². The number of ether oxygens (including phenoxy) is 1. The summed E-state index contributed by atoms with van der Waals surface area (Å²) in [6.45, 7) is -0.137. The number of hydrogen-bond donors (Lipinski definition) is 4. The SMILES string of the molecule is CNc1cc(C(=N)N)ccc1-c1ccc(CC(=O)NCC(=O)OC)cc1. The van der Waals surface area contributed by atoms with E-state index in [-0.39, 0.29) is 24.7 Å². The van der Waals surface area contributed by atoms with E-state index in [0.29, 0.717) is 5.56 Å². The van der Waals surface area contributed by atoms with Gasteiger partial charge in [0.1, 0.15) is 12.4 Å². The Morgan fingerprint density at radius 3 is 2.42 bits per heavy atom. The summed E-state index contributed by atoms with van der Waals surface area (Å²) >= 11 is 0. The quantitative estimate of drug-likeness (QED) is 0.342. The Bertz CT molecular complexity index is 816. The average molecular weight is 354 g/mol. The predicted octanol–water partition coefficient (Wildman–Crippen LogP) is 1.51. The lowest BCUT2D eigenvalue weighted by Crippen LogP contribution is -2.31. The topological polar surface area (TPSA) is 117 Å². The number of nitrogens with one attached hydrogen (secondary N) is 3. The van der Waals surface area contributed by atoms with Crippen molar-refractivity contribution in [3.63, 3.8) is 0 Å². The van der Waals surface area contributed by atoms with Crippen LogP contribution in [0.2, 0.25) is 0 Å². The van der Waals surface area contributed by atoms with E-state index in [0.717, 1.165) is 22.4 Å². The first-order valence-corrected chi connectivity index (χ1v) is 8.03. The van der Waals surface area contributed by atoms with E-state index in [1.54, 1.807) is 6.07 Å². The van der Waals surface area contributed by atoms with Crippen LogP contribution in [0.5, 0.6) is 0 Å². The molecule has 2 rings (SSSR count). The van der Waals surface area contributed by atoms with E-state index < -0.39 is 5.97 Å². The van der Waals surface area contributed by atoms with Crippen LogP contribution in [0.4, 0.5) is 5.69 Å². The first-order chi connectivity index (χ1) is 12.4. The molecular formula is C19H22N4O3. The van der Waals surface area contributed by atoms with Gasteiger partial charge in [0.15, 0.2) is 0 Å². The van der Waals surface area contributed by atoms with E-state index in [9.17, 15) is 9.59 Å². The number of esters is 1. The standard InChI is InChI=1S/C19H22N4O3/c1-22-16-10-14(19(20)21)7-8-15(16)13-5-3-12(4-6-13)9-17(24)23-11-18(25)26-2/h3-8,10,22H,9,11H2,1-2H3,(H3,20,21)(H,23,24). The molecule has 0 radical (unpaired) electrons. The van der Waals surface area contributed by atoms with Crippen LogP contribution in [0, 0.1) is 5.41 Å². The molecule has 26 heavy (non-hydrogen) atoms. The number of methoxy groups -OCH3 is 1. The van der Waals surface area contributed by atoms with Gasteiger partial charge in [0.2, 0.25) is 5.91 Å². The summed E-state index contributed by atoms with van der Waals surface area (Å²) in [5.74, 6) is -0.714. The molecule has 0 heterocycles. The van der Waals surface area contributed by atoms with Crippen LogP contribution in [0.25, 0.3) is 11.1 Å². The lowest BCUT2D eigenvalue weighted by atomic mass is 9.99. The Labute approximate surface area is 152 Å². The molecule has 2 aromatic carbocycles. The Morgan fingerprint density at radius 1 is 1.15 bits per heavy atom. The summed E-state index contributed by atoms with van der Waals surface area (Å²) in [5, 5.41) is 13.1. The second-order valence-electron chi connectivity index (χ2n) is 5.65. The van der Waals surface area contributed by atoms with Gasteiger partial charge >= 0.3 is 5.97 Å². The number of nitrogens with two attached hydrogens (primary N) is 1. The van der Waals surface area contributed by atoms with Gasteiger partial charge in [0.25, 0.3) is 0 Å². The second-order valence-corrected chi connectivity index (χ2v) is 5.65. The van der Waals surface area contributed by atoms with E-state index in [4.69, 9.17) is 11.1 Å². The molecular weight excluding hydrogens is 332 g/mol. The van der Waals surface area contributed by atoms with E-state index in [1.807, 2.05) is 43.4 Å². The fraction of sp³-hybridized carbons (Fsp3) is 0.211. The van der Waals surface area contributed by atoms with Crippen LogP contribution in [0.3, 0.4) is 0 Å². The monoisotopic (exact) mass is 354 g/mol. The molecule has 1 amide bonds. The highest BCUT2D eigenvalue weighted by molar-refractivity contribution is 5.97. The molecule has 0 atom stereocenters. The lowest BCUT2D eigenvalue weighted by molar-refractivity contribution is -0.141. The fourth-order valence-electron chi connectivity index (χ4n) is 2.46. The minimum absolute atomic E-state index is 0.0152. The molecule has 0 unspecified atom stereocenters. The number of rotatable bonds is 7. The predicted molar refractivity (Wildman–Crippen MR) is 101 cm³/mol. The number of nitrogen functional groups attached to an aromatic ring is 1. The van der Waals surface area contributed by atoms with Crippen LogP contribution in [0.15, 0.2) is 42.5 Å². The third-order valence-electron chi connectivity index (χ3n) is 3.89. The number of amides is 1. The molecule has 0 aromatic heterocycles. The zero-order valence-corrected chi connectivity index (χ0v) is 14.8.